The van der Waals surface area contributed by atoms with Gasteiger partial charge in [-0.2, -0.15) is 0 Å². The molecule has 1 heterocycles. The van der Waals surface area contributed by atoms with Gasteiger partial charge >= 0.3 is 5.00 Å². The molecule has 0 fully saturated rings. The Morgan fingerprint density at radius 3 is 2.93 bits per heavy atom. The van der Waals surface area contributed by atoms with Gasteiger partial charge in [0, 0.05) is 5.97 Å². The van der Waals surface area contributed by atoms with E-state index in [0.717, 1.165) is 11.3 Å². The highest BCUT2D eigenvalue weighted by molar-refractivity contribution is 7.99. The Morgan fingerprint density at radius 2 is 2.33 bits per heavy atom. The van der Waals surface area contributed by atoms with Crippen LogP contribution in [0.1, 0.15) is 12.8 Å². The molecule has 0 saturated carbocycles. The predicted molar refractivity (Wildman–Crippen MR) is 55.9 cm³/mol. The van der Waals surface area contributed by atoms with Crippen LogP contribution in [0.4, 0.5) is 5.00 Å². The van der Waals surface area contributed by atoms with Crippen LogP contribution in [0.25, 0.3) is 0 Å². The molecule has 0 unspecified atom stereocenters. The maximum absolute atomic E-state index is 10.5. The number of nitrogens with zero attached hydrogens (tertiary/aromatic N) is 1. The predicted octanol–water partition coefficient (Wildman–Crippen LogP) is 1.28. The van der Waals surface area contributed by atoms with Crippen LogP contribution in [0, 0.1) is 10.1 Å². The zero-order valence-corrected chi connectivity index (χ0v) is 9.31. The van der Waals surface area contributed by atoms with E-state index in [1.807, 2.05) is 0 Å². The summed E-state index contributed by atoms with van der Waals surface area (Å²) in [4.78, 5) is 20.8. The molecule has 82 valence electrons. The Bertz CT molecular complexity index is 363. The van der Waals surface area contributed by atoms with Crippen molar-refractivity contribution in [1.29, 1.82) is 0 Å². The SMILES string of the molecule is O=C([O-])CCCSc1ccsc1[N+](=O)[O-]. The van der Waals surface area contributed by atoms with Gasteiger partial charge in [0.05, 0.1) is 9.82 Å². The van der Waals surface area contributed by atoms with Gasteiger partial charge in [0.25, 0.3) is 0 Å². The number of aliphatic carboxylic acids is 1. The molecular formula is C8H8NO4S2-. The molecule has 5 nitrogen and oxygen atoms in total. The Balaban J connectivity index is 2.40. The summed E-state index contributed by atoms with van der Waals surface area (Å²) in [7, 11) is 0. The second kappa shape index (κ2) is 5.72. The van der Waals surface area contributed by atoms with Crippen molar-refractivity contribution in [2.45, 2.75) is 17.7 Å². The zero-order chi connectivity index (χ0) is 11.3. The third kappa shape index (κ3) is 3.88. The van der Waals surface area contributed by atoms with Crippen molar-refractivity contribution in [3.05, 3.63) is 21.6 Å². The van der Waals surface area contributed by atoms with E-state index in [9.17, 15) is 20.0 Å². The number of carboxylic acids is 1. The average molecular weight is 246 g/mol. The maximum atomic E-state index is 10.5. The van der Waals surface area contributed by atoms with E-state index in [1.165, 1.54) is 11.8 Å². The molecule has 0 aliphatic rings. The lowest BCUT2D eigenvalue weighted by Crippen LogP contribution is -2.21. The van der Waals surface area contributed by atoms with Crippen LogP contribution in [0.15, 0.2) is 16.3 Å². The van der Waals surface area contributed by atoms with Crippen molar-refractivity contribution >= 4 is 34.1 Å². The van der Waals surface area contributed by atoms with Crippen molar-refractivity contribution in [2.75, 3.05) is 5.75 Å². The van der Waals surface area contributed by atoms with Gasteiger partial charge in [0.2, 0.25) is 0 Å². The van der Waals surface area contributed by atoms with Crippen molar-refractivity contribution in [3.8, 4) is 0 Å². The number of carbonyl (C=O) groups is 1. The second-order valence-electron chi connectivity index (χ2n) is 2.67. The quantitative estimate of drug-likeness (QED) is 0.327. The molecule has 0 amide bonds. The fourth-order valence-corrected chi connectivity index (χ4v) is 2.81. The van der Waals surface area contributed by atoms with Gasteiger partial charge in [-0.25, -0.2) is 0 Å². The third-order valence-electron chi connectivity index (χ3n) is 1.56. The first-order valence-electron chi connectivity index (χ1n) is 4.16. The van der Waals surface area contributed by atoms with Crippen LogP contribution in [0.2, 0.25) is 0 Å². The minimum absolute atomic E-state index is 0.00899. The topological polar surface area (TPSA) is 83.3 Å². The van der Waals surface area contributed by atoms with Crippen LogP contribution in [-0.4, -0.2) is 16.6 Å². The molecule has 0 aliphatic heterocycles. The number of rotatable bonds is 6. The molecule has 15 heavy (non-hydrogen) atoms. The smallest absolute Gasteiger partial charge is 0.337 e. The van der Waals surface area contributed by atoms with Gasteiger partial charge in [-0.15, -0.1) is 11.8 Å². The molecule has 0 radical (unpaired) electrons. The lowest BCUT2D eigenvalue weighted by atomic mass is 10.3. The van der Waals surface area contributed by atoms with Gasteiger partial charge in [-0.1, -0.05) is 11.3 Å². The van der Waals surface area contributed by atoms with Crippen molar-refractivity contribution in [2.24, 2.45) is 0 Å². The van der Waals surface area contributed by atoms with Gasteiger partial charge in [0.1, 0.15) is 0 Å². The lowest BCUT2D eigenvalue weighted by molar-refractivity contribution is -0.382. The van der Waals surface area contributed by atoms with Crippen molar-refractivity contribution in [3.63, 3.8) is 0 Å². The molecule has 1 rings (SSSR count). The molecule has 0 aliphatic carbocycles. The number of thioether (sulfide) groups is 1. The molecule has 1 aromatic heterocycles. The number of nitro groups is 1. The summed E-state index contributed by atoms with van der Waals surface area (Å²) in [6.45, 7) is 0. The number of thiophene rings is 1. The standard InChI is InChI=1S/C8H9NO4S2/c10-7(11)2-1-4-14-6-3-5-15-8(6)9(12)13/h3,5H,1-2,4H2,(H,10,11)/p-1. The van der Waals surface area contributed by atoms with Gasteiger partial charge < -0.3 is 9.90 Å². The van der Waals surface area contributed by atoms with Crippen molar-refractivity contribution < 1.29 is 14.8 Å². The molecule has 0 aromatic carbocycles. The summed E-state index contributed by atoms with van der Waals surface area (Å²) in [5, 5.41) is 22.4. The number of hydrogen-bond acceptors (Lipinski definition) is 6. The molecule has 0 bridgehead atoms. The number of carboxylic acid groups (broad SMARTS) is 1. The Hall–Kier alpha value is -1.08. The summed E-state index contributed by atoms with van der Waals surface area (Å²) >= 11 is 2.38. The van der Waals surface area contributed by atoms with E-state index in [0.29, 0.717) is 17.1 Å². The minimum atomic E-state index is -1.09. The first-order chi connectivity index (χ1) is 7.11. The van der Waals surface area contributed by atoms with E-state index < -0.39 is 10.9 Å². The molecule has 0 spiro atoms. The molecule has 0 N–H and O–H groups in total. The van der Waals surface area contributed by atoms with Crippen LogP contribution in [0.3, 0.4) is 0 Å². The van der Waals surface area contributed by atoms with Gasteiger partial charge in [-0.05, 0) is 30.0 Å². The largest absolute Gasteiger partial charge is 0.550 e. The summed E-state index contributed by atoms with van der Waals surface area (Å²) in [6.07, 6.45) is 0.449. The van der Waals surface area contributed by atoms with E-state index in [2.05, 4.69) is 0 Å². The van der Waals surface area contributed by atoms with E-state index in [-0.39, 0.29) is 11.4 Å². The second-order valence-corrected chi connectivity index (χ2v) is 4.70. The molecule has 1 aromatic rings. The summed E-state index contributed by atoms with van der Waals surface area (Å²) in [6, 6.07) is 1.67. The van der Waals surface area contributed by atoms with Crippen LogP contribution < -0.4 is 5.11 Å². The summed E-state index contributed by atoms with van der Waals surface area (Å²) < 4.78 is 0. The summed E-state index contributed by atoms with van der Waals surface area (Å²) in [5.74, 6) is -0.540. The van der Waals surface area contributed by atoms with Crippen LogP contribution >= 0.6 is 23.1 Å². The average Bonchev–Trinajstić information content (AvgIpc) is 2.60. The van der Waals surface area contributed by atoms with E-state index in [4.69, 9.17) is 0 Å². The van der Waals surface area contributed by atoms with Gasteiger partial charge in [0.15, 0.2) is 0 Å². The van der Waals surface area contributed by atoms with Crippen LogP contribution in [0.5, 0.6) is 0 Å². The fraction of sp³-hybridized carbons (Fsp3) is 0.375. The molecule has 0 atom stereocenters. The zero-order valence-electron chi connectivity index (χ0n) is 7.67. The highest BCUT2D eigenvalue weighted by atomic mass is 32.2. The Labute approximate surface area is 94.3 Å². The molecule has 0 saturated heterocycles. The Morgan fingerprint density at radius 1 is 1.60 bits per heavy atom. The monoisotopic (exact) mass is 246 g/mol. The summed E-state index contributed by atoms with van der Waals surface area (Å²) in [5.41, 5.74) is 0. The maximum Gasteiger partial charge on any atom is 0.337 e. The Kier molecular flexibility index (Phi) is 4.57. The number of hydrogen-bond donors (Lipinski definition) is 0. The van der Waals surface area contributed by atoms with Gasteiger partial charge in [-0.3, -0.25) is 10.1 Å². The van der Waals surface area contributed by atoms with E-state index >= 15 is 0 Å². The van der Waals surface area contributed by atoms with Crippen LogP contribution in [-0.2, 0) is 4.79 Å². The van der Waals surface area contributed by atoms with Crippen molar-refractivity contribution in [1.82, 2.24) is 0 Å². The highest BCUT2D eigenvalue weighted by Crippen LogP contribution is 2.34. The normalized spacial score (nSPS) is 10.1. The molecular weight excluding hydrogens is 238 g/mol. The third-order valence-corrected chi connectivity index (χ3v) is 3.69. The first kappa shape index (κ1) is 12.0. The first-order valence-corrected chi connectivity index (χ1v) is 6.02. The minimum Gasteiger partial charge on any atom is -0.550 e. The highest BCUT2D eigenvalue weighted by Gasteiger charge is 2.14. The fourth-order valence-electron chi connectivity index (χ4n) is 0.931. The lowest BCUT2D eigenvalue weighted by Gasteiger charge is -2.00. The van der Waals surface area contributed by atoms with E-state index in [1.54, 1.807) is 11.4 Å². The molecule has 7 heteroatoms. The number of carbonyl (C=O) groups excluding carboxylic acids is 1.